The van der Waals surface area contributed by atoms with Crippen LogP contribution in [0.2, 0.25) is 0 Å². The van der Waals surface area contributed by atoms with Crippen molar-refractivity contribution >= 4 is 37.5 Å². The quantitative estimate of drug-likeness (QED) is 0.572. The standard InChI is InChI=1S/C11H5Br2FN2O3/c12-6-3-9(14)11(15-5-6)19-10-4-7(16(17)18)1-2-8(10)13/h1-5H. The summed E-state index contributed by atoms with van der Waals surface area (Å²) in [6.45, 7) is 0. The van der Waals surface area contributed by atoms with Crippen molar-refractivity contribution in [1.29, 1.82) is 0 Å². The van der Waals surface area contributed by atoms with Gasteiger partial charge in [-0.3, -0.25) is 10.1 Å². The monoisotopic (exact) mass is 390 g/mol. The number of benzene rings is 1. The van der Waals surface area contributed by atoms with Gasteiger partial charge in [-0.15, -0.1) is 0 Å². The molecule has 1 aromatic carbocycles. The van der Waals surface area contributed by atoms with Crippen LogP contribution in [0.5, 0.6) is 11.6 Å². The summed E-state index contributed by atoms with van der Waals surface area (Å²) in [4.78, 5) is 13.9. The number of pyridine rings is 1. The molecule has 19 heavy (non-hydrogen) atoms. The smallest absolute Gasteiger partial charge is 0.273 e. The van der Waals surface area contributed by atoms with Gasteiger partial charge >= 0.3 is 0 Å². The number of nitro benzene ring substituents is 1. The van der Waals surface area contributed by atoms with E-state index in [9.17, 15) is 14.5 Å². The second-order valence-corrected chi connectivity index (χ2v) is 5.18. The summed E-state index contributed by atoms with van der Waals surface area (Å²) in [5.41, 5.74) is -0.157. The fraction of sp³-hybridized carbons (Fsp3) is 0. The summed E-state index contributed by atoms with van der Waals surface area (Å²) in [5.74, 6) is -0.819. The minimum atomic E-state index is -0.673. The van der Waals surface area contributed by atoms with Crippen molar-refractivity contribution in [3.63, 3.8) is 0 Å². The Morgan fingerprint density at radius 1 is 1.32 bits per heavy atom. The van der Waals surface area contributed by atoms with Crippen molar-refractivity contribution in [1.82, 2.24) is 4.98 Å². The topological polar surface area (TPSA) is 65.3 Å². The molecule has 2 aromatic rings. The molecule has 0 saturated heterocycles. The third-order valence-electron chi connectivity index (χ3n) is 2.11. The van der Waals surface area contributed by atoms with Crippen molar-refractivity contribution in [3.8, 4) is 11.6 Å². The van der Waals surface area contributed by atoms with E-state index in [-0.39, 0.29) is 17.3 Å². The Kier molecular flexibility index (Phi) is 4.11. The average Bonchev–Trinajstić information content (AvgIpc) is 2.34. The molecule has 1 heterocycles. The van der Waals surface area contributed by atoms with Crippen molar-refractivity contribution in [2.24, 2.45) is 0 Å². The van der Waals surface area contributed by atoms with Crippen LogP contribution in [0.25, 0.3) is 0 Å². The van der Waals surface area contributed by atoms with Gasteiger partial charge in [0.25, 0.3) is 11.6 Å². The highest BCUT2D eigenvalue weighted by Crippen LogP contribution is 2.33. The Hall–Kier alpha value is -1.54. The van der Waals surface area contributed by atoms with Gasteiger partial charge in [-0.2, -0.15) is 0 Å². The Morgan fingerprint density at radius 2 is 2.05 bits per heavy atom. The number of halogens is 3. The predicted octanol–water partition coefficient (Wildman–Crippen LogP) is 4.45. The molecule has 0 amide bonds. The summed E-state index contributed by atoms with van der Waals surface area (Å²) < 4.78 is 19.7. The lowest BCUT2D eigenvalue weighted by Crippen LogP contribution is -1.94. The molecule has 98 valence electrons. The molecular weight excluding hydrogens is 387 g/mol. The lowest BCUT2D eigenvalue weighted by atomic mass is 10.3. The number of hydrogen-bond acceptors (Lipinski definition) is 4. The van der Waals surface area contributed by atoms with Gasteiger partial charge < -0.3 is 4.74 Å². The van der Waals surface area contributed by atoms with Crippen LogP contribution in [0.15, 0.2) is 39.4 Å². The van der Waals surface area contributed by atoms with Gasteiger partial charge in [0, 0.05) is 16.7 Å². The van der Waals surface area contributed by atoms with E-state index < -0.39 is 10.7 Å². The van der Waals surface area contributed by atoms with Gasteiger partial charge in [-0.1, -0.05) is 0 Å². The molecule has 0 aliphatic heterocycles. The Balaban J connectivity index is 2.37. The average molecular weight is 392 g/mol. The lowest BCUT2D eigenvalue weighted by molar-refractivity contribution is -0.384. The number of nitro groups is 1. The van der Waals surface area contributed by atoms with Gasteiger partial charge in [0.2, 0.25) is 0 Å². The Labute approximate surface area is 123 Å². The van der Waals surface area contributed by atoms with Crippen molar-refractivity contribution < 1.29 is 14.1 Å². The molecule has 0 aliphatic carbocycles. The Bertz CT molecular complexity index is 652. The van der Waals surface area contributed by atoms with Gasteiger partial charge in [0.05, 0.1) is 15.5 Å². The highest BCUT2D eigenvalue weighted by atomic mass is 79.9. The number of hydrogen-bond donors (Lipinski definition) is 0. The van der Waals surface area contributed by atoms with Gasteiger partial charge in [-0.25, -0.2) is 9.37 Å². The van der Waals surface area contributed by atoms with E-state index in [0.29, 0.717) is 8.95 Å². The van der Waals surface area contributed by atoms with Crippen LogP contribution in [-0.2, 0) is 0 Å². The first-order chi connectivity index (χ1) is 8.97. The van der Waals surface area contributed by atoms with Crippen LogP contribution >= 0.6 is 31.9 Å². The molecule has 0 atom stereocenters. The molecule has 0 N–H and O–H groups in total. The fourth-order valence-electron chi connectivity index (χ4n) is 1.27. The largest absolute Gasteiger partial charge is 0.435 e. The zero-order valence-electron chi connectivity index (χ0n) is 9.14. The number of rotatable bonds is 3. The van der Waals surface area contributed by atoms with Crippen LogP contribution in [0.1, 0.15) is 0 Å². The van der Waals surface area contributed by atoms with Gasteiger partial charge in [0.15, 0.2) is 11.6 Å². The number of nitrogens with zero attached hydrogens (tertiary/aromatic N) is 2. The maximum atomic E-state index is 13.6. The fourth-order valence-corrected chi connectivity index (χ4v) is 1.90. The zero-order chi connectivity index (χ0) is 14.0. The molecule has 5 nitrogen and oxygen atoms in total. The van der Waals surface area contributed by atoms with Crippen LogP contribution in [0.4, 0.5) is 10.1 Å². The number of aromatic nitrogens is 1. The van der Waals surface area contributed by atoms with Gasteiger partial charge in [0.1, 0.15) is 0 Å². The van der Waals surface area contributed by atoms with Crippen molar-refractivity contribution in [3.05, 3.63) is 55.3 Å². The minimum absolute atomic E-state index is 0.114. The van der Waals surface area contributed by atoms with Crippen LogP contribution < -0.4 is 4.74 Å². The van der Waals surface area contributed by atoms with Crippen LogP contribution in [0.3, 0.4) is 0 Å². The zero-order valence-corrected chi connectivity index (χ0v) is 12.3. The van der Waals surface area contributed by atoms with Crippen LogP contribution in [-0.4, -0.2) is 9.91 Å². The van der Waals surface area contributed by atoms with E-state index in [1.807, 2.05) is 0 Å². The third kappa shape index (κ3) is 3.27. The second kappa shape index (κ2) is 5.62. The normalized spacial score (nSPS) is 10.3. The van der Waals surface area contributed by atoms with E-state index >= 15 is 0 Å². The maximum Gasteiger partial charge on any atom is 0.273 e. The van der Waals surface area contributed by atoms with Crippen molar-refractivity contribution in [2.45, 2.75) is 0 Å². The van der Waals surface area contributed by atoms with E-state index in [2.05, 4.69) is 36.8 Å². The summed E-state index contributed by atoms with van der Waals surface area (Å²) in [6.07, 6.45) is 1.36. The number of non-ortho nitro benzene ring substituents is 1. The van der Waals surface area contributed by atoms with Gasteiger partial charge in [-0.05, 0) is 44.0 Å². The molecule has 0 spiro atoms. The summed E-state index contributed by atoms with van der Waals surface area (Å²) in [5, 5.41) is 10.7. The second-order valence-electron chi connectivity index (χ2n) is 3.41. The highest BCUT2D eigenvalue weighted by Gasteiger charge is 2.14. The molecular formula is C11H5Br2FN2O3. The SMILES string of the molecule is O=[N+]([O-])c1ccc(Br)c(Oc2ncc(Br)cc2F)c1. The first kappa shape index (κ1) is 13.9. The third-order valence-corrected chi connectivity index (χ3v) is 3.20. The molecule has 2 rings (SSSR count). The lowest BCUT2D eigenvalue weighted by Gasteiger charge is -2.07. The first-order valence-corrected chi connectivity index (χ1v) is 6.49. The van der Waals surface area contributed by atoms with E-state index in [1.165, 1.54) is 30.5 Å². The summed E-state index contributed by atoms with van der Waals surface area (Å²) in [7, 11) is 0. The van der Waals surface area contributed by atoms with E-state index in [0.717, 1.165) is 0 Å². The molecule has 0 saturated carbocycles. The molecule has 8 heteroatoms. The van der Waals surface area contributed by atoms with E-state index in [4.69, 9.17) is 4.74 Å². The molecule has 0 unspecified atom stereocenters. The molecule has 0 aliphatic rings. The minimum Gasteiger partial charge on any atom is -0.435 e. The molecule has 1 aromatic heterocycles. The summed E-state index contributed by atoms with van der Waals surface area (Å²) in [6, 6.07) is 5.13. The molecule has 0 fully saturated rings. The summed E-state index contributed by atoms with van der Waals surface area (Å²) >= 11 is 6.24. The maximum absolute atomic E-state index is 13.6. The Morgan fingerprint density at radius 3 is 2.68 bits per heavy atom. The van der Waals surface area contributed by atoms with Crippen molar-refractivity contribution in [2.75, 3.05) is 0 Å². The van der Waals surface area contributed by atoms with Crippen LogP contribution in [0, 0.1) is 15.9 Å². The predicted molar refractivity (Wildman–Crippen MR) is 72.8 cm³/mol. The highest BCUT2D eigenvalue weighted by molar-refractivity contribution is 9.10. The number of ether oxygens (including phenoxy) is 1. The first-order valence-electron chi connectivity index (χ1n) is 4.90. The van der Waals surface area contributed by atoms with E-state index in [1.54, 1.807) is 0 Å². The molecule has 0 radical (unpaired) electrons. The molecule has 0 bridgehead atoms.